The number of hydrogen-bond acceptors (Lipinski definition) is 2. The molecule has 0 bridgehead atoms. The van der Waals surface area contributed by atoms with Gasteiger partial charge in [-0.05, 0) is 35.4 Å². The van der Waals surface area contributed by atoms with Gasteiger partial charge < -0.3 is 10.2 Å². The SMILES string of the molecule is CC(=O)N(C)Cc1cccc(NCc2cccc(Cl)c2)c1. The molecule has 0 spiro atoms. The molecule has 0 aromatic heterocycles. The molecule has 0 heterocycles. The Morgan fingerprint density at radius 3 is 2.57 bits per heavy atom. The van der Waals surface area contributed by atoms with Crippen LogP contribution in [0.15, 0.2) is 48.5 Å². The van der Waals surface area contributed by atoms with Gasteiger partial charge in [-0.2, -0.15) is 0 Å². The van der Waals surface area contributed by atoms with Gasteiger partial charge in [0.2, 0.25) is 5.91 Å². The Bertz CT molecular complexity index is 628. The molecule has 110 valence electrons. The van der Waals surface area contributed by atoms with Crippen molar-refractivity contribution >= 4 is 23.2 Å². The highest BCUT2D eigenvalue weighted by Crippen LogP contribution is 2.15. The highest BCUT2D eigenvalue weighted by atomic mass is 35.5. The molecule has 0 saturated heterocycles. The van der Waals surface area contributed by atoms with E-state index in [1.54, 1.807) is 18.9 Å². The standard InChI is InChI=1S/C17H19ClN2O/c1-13(21)20(2)12-15-6-4-8-17(10-15)19-11-14-5-3-7-16(18)9-14/h3-10,19H,11-12H2,1-2H3. The van der Waals surface area contributed by atoms with Crippen LogP contribution in [-0.4, -0.2) is 17.9 Å². The van der Waals surface area contributed by atoms with Crippen molar-refractivity contribution in [2.45, 2.75) is 20.0 Å². The van der Waals surface area contributed by atoms with Crippen LogP contribution < -0.4 is 5.32 Å². The van der Waals surface area contributed by atoms with E-state index in [4.69, 9.17) is 11.6 Å². The van der Waals surface area contributed by atoms with Crippen LogP contribution in [0, 0.1) is 0 Å². The van der Waals surface area contributed by atoms with E-state index in [-0.39, 0.29) is 5.91 Å². The number of carbonyl (C=O) groups excluding carboxylic acids is 1. The molecule has 0 unspecified atom stereocenters. The second kappa shape index (κ2) is 7.14. The number of halogens is 1. The van der Waals surface area contributed by atoms with E-state index in [1.807, 2.05) is 42.5 Å². The molecule has 21 heavy (non-hydrogen) atoms. The van der Waals surface area contributed by atoms with E-state index in [1.165, 1.54) is 0 Å². The number of nitrogens with zero attached hydrogens (tertiary/aromatic N) is 1. The van der Waals surface area contributed by atoms with Gasteiger partial charge in [0, 0.05) is 37.8 Å². The van der Waals surface area contributed by atoms with Crippen LogP contribution in [0.5, 0.6) is 0 Å². The summed E-state index contributed by atoms with van der Waals surface area (Å²) in [5, 5.41) is 4.11. The van der Waals surface area contributed by atoms with Crippen LogP contribution in [0.2, 0.25) is 5.02 Å². The first-order chi connectivity index (χ1) is 10.0. The van der Waals surface area contributed by atoms with E-state index >= 15 is 0 Å². The number of carbonyl (C=O) groups is 1. The summed E-state index contributed by atoms with van der Waals surface area (Å²) >= 11 is 5.97. The third-order valence-electron chi connectivity index (χ3n) is 3.27. The summed E-state index contributed by atoms with van der Waals surface area (Å²) < 4.78 is 0. The fourth-order valence-electron chi connectivity index (χ4n) is 2.02. The summed E-state index contributed by atoms with van der Waals surface area (Å²) in [5.74, 6) is 0.0623. The minimum atomic E-state index is 0.0623. The molecule has 0 fully saturated rings. The van der Waals surface area contributed by atoms with Crippen LogP contribution in [0.25, 0.3) is 0 Å². The average Bonchev–Trinajstić information content (AvgIpc) is 2.45. The molecule has 0 aliphatic carbocycles. The van der Waals surface area contributed by atoms with Crippen molar-refractivity contribution in [3.8, 4) is 0 Å². The maximum Gasteiger partial charge on any atom is 0.219 e. The van der Waals surface area contributed by atoms with Gasteiger partial charge in [0.05, 0.1) is 0 Å². The highest BCUT2D eigenvalue weighted by molar-refractivity contribution is 6.30. The Hall–Kier alpha value is -2.00. The van der Waals surface area contributed by atoms with Crippen LogP contribution in [0.1, 0.15) is 18.1 Å². The molecule has 0 saturated carbocycles. The first-order valence-corrected chi connectivity index (χ1v) is 7.21. The summed E-state index contributed by atoms with van der Waals surface area (Å²) in [6.07, 6.45) is 0. The fourth-order valence-corrected chi connectivity index (χ4v) is 2.23. The lowest BCUT2D eigenvalue weighted by molar-refractivity contribution is -0.128. The minimum absolute atomic E-state index is 0.0623. The van der Waals surface area contributed by atoms with E-state index < -0.39 is 0 Å². The van der Waals surface area contributed by atoms with E-state index in [2.05, 4.69) is 11.4 Å². The maximum absolute atomic E-state index is 11.3. The lowest BCUT2D eigenvalue weighted by Crippen LogP contribution is -2.22. The Kier molecular flexibility index (Phi) is 5.23. The van der Waals surface area contributed by atoms with Gasteiger partial charge in [0.1, 0.15) is 0 Å². The zero-order valence-corrected chi connectivity index (χ0v) is 13.0. The lowest BCUT2D eigenvalue weighted by atomic mass is 10.1. The Morgan fingerprint density at radius 2 is 1.86 bits per heavy atom. The quantitative estimate of drug-likeness (QED) is 0.907. The highest BCUT2D eigenvalue weighted by Gasteiger charge is 2.04. The third kappa shape index (κ3) is 4.80. The van der Waals surface area contributed by atoms with Crippen molar-refractivity contribution in [2.24, 2.45) is 0 Å². The van der Waals surface area contributed by atoms with Crippen molar-refractivity contribution in [3.63, 3.8) is 0 Å². The largest absolute Gasteiger partial charge is 0.381 e. The summed E-state index contributed by atoms with van der Waals surface area (Å²) in [6.45, 7) is 2.90. The normalized spacial score (nSPS) is 10.2. The Morgan fingerprint density at radius 1 is 1.14 bits per heavy atom. The average molecular weight is 303 g/mol. The monoisotopic (exact) mass is 302 g/mol. The maximum atomic E-state index is 11.3. The van der Waals surface area contributed by atoms with Gasteiger partial charge in [-0.3, -0.25) is 4.79 Å². The van der Waals surface area contributed by atoms with E-state index in [9.17, 15) is 4.79 Å². The zero-order valence-electron chi connectivity index (χ0n) is 12.3. The fraction of sp³-hybridized carbons (Fsp3) is 0.235. The number of nitrogens with one attached hydrogen (secondary N) is 1. The Labute approximate surface area is 130 Å². The summed E-state index contributed by atoms with van der Waals surface area (Å²) in [6, 6.07) is 15.9. The predicted octanol–water partition coefficient (Wildman–Crippen LogP) is 3.93. The Balaban J connectivity index is 1.99. The molecular weight excluding hydrogens is 284 g/mol. The van der Waals surface area contributed by atoms with Crippen molar-refractivity contribution < 1.29 is 4.79 Å². The van der Waals surface area contributed by atoms with Crippen LogP contribution in [0.3, 0.4) is 0 Å². The number of rotatable bonds is 5. The van der Waals surface area contributed by atoms with Gasteiger partial charge in [-0.25, -0.2) is 0 Å². The summed E-state index contributed by atoms with van der Waals surface area (Å²) in [4.78, 5) is 13.0. The molecule has 2 aromatic carbocycles. The van der Waals surface area contributed by atoms with Crippen molar-refractivity contribution in [1.29, 1.82) is 0 Å². The molecule has 0 radical (unpaired) electrons. The molecule has 2 rings (SSSR count). The number of hydrogen-bond donors (Lipinski definition) is 1. The second-order valence-corrected chi connectivity index (χ2v) is 5.50. The topological polar surface area (TPSA) is 32.3 Å². The number of benzene rings is 2. The lowest BCUT2D eigenvalue weighted by Gasteiger charge is -2.15. The van der Waals surface area contributed by atoms with Gasteiger partial charge in [0.15, 0.2) is 0 Å². The smallest absolute Gasteiger partial charge is 0.219 e. The molecular formula is C17H19ClN2O. The minimum Gasteiger partial charge on any atom is -0.381 e. The van der Waals surface area contributed by atoms with E-state index in [0.29, 0.717) is 13.1 Å². The molecule has 4 heteroatoms. The van der Waals surface area contributed by atoms with Crippen LogP contribution in [0.4, 0.5) is 5.69 Å². The number of anilines is 1. The van der Waals surface area contributed by atoms with Crippen LogP contribution in [-0.2, 0) is 17.9 Å². The van der Waals surface area contributed by atoms with Crippen molar-refractivity contribution in [3.05, 3.63) is 64.7 Å². The molecule has 1 amide bonds. The van der Waals surface area contributed by atoms with Crippen molar-refractivity contribution in [1.82, 2.24) is 4.90 Å². The predicted molar refractivity (Wildman–Crippen MR) is 87.4 cm³/mol. The zero-order chi connectivity index (χ0) is 15.2. The summed E-state index contributed by atoms with van der Waals surface area (Å²) in [7, 11) is 1.80. The molecule has 3 nitrogen and oxygen atoms in total. The first-order valence-electron chi connectivity index (χ1n) is 6.83. The van der Waals surface area contributed by atoms with Gasteiger partial charge in [-0.15, -0.1) is 0 Å². The van der Waals surface area contributed by atoms with E-state index in [0.717, 1.165) is 21.8 Å². The molecule has 2 aromatic rings. The third-order valence-corrected chi connectivity index (χ3v) is 3.51. The molecule has 0 atom stereocenters. The van der Waals surface area contributed by atoms with Gasteiger partial charge >= 0.3 is 0 Å². The molecule has 1 N–H and O–H groups in total. The summed E-state index contributed by atoms with van der Waals surface area (Å²) in [5.41, 5.74) is 3.27. The first kappa shape index (κ1) is 15.4. The second-order valence-electron chi connectivity index (χ2n) is 5.06. The number of amides is 1. The van der Waals surface area contributed by atoms with Crippen molar-refractivity contribution in [2.75, 3.05) is 12.4 Å². The molecule has 0 aliphatic heterocycles. The van der Waals surface area contributed by atoms with Gasteiger partial charge in [0.25, 0.3) is 0 Å². The molecule has 0 aliphatic rings. The van der Waals surface area contributed by atoms with Gasteiger partial charge in [-0.1, -0.05) is 35.9 Å². The van der Waals surface area contributed by atoms with Crippen LogP contribution >= 0.6 is 11.6 Å².